The van der Waals surface area contributed by atoms with Gasteiger partial charge in [0.25, 0.3) is 0 Å². The third-order valence-corrected chi connectivity index (χ3v) is 4.38. The van der Waals surface area contributed by atoms with E-state index in [1.807, 2.05) is 24.3 Å². The fourth-order valence-corrected chi connectivity index (χ4v) is 3.22. The molecule has 1 aromatic rings. The van der Waals surface area contributed by atoms with Crippen LogP contribution in [0.15, 0.2) is 24.3 Å². The first-order chi connectivity index (χ1) is 10.2. The van der Waals surface area contributed by atoms with Gasteiger partial charge in [-0.1, -0.05) is 24.6 Å². The molecule has 1 aromatic carbocycles. The summed E-state index contributed by atoms with van der Waals surface area (Å²) in [6.07, 6.45) is 3.46. The van der Waals surface area contributed by atoms with Gasteiger partial charge in [-0.2, -0.15) is 0 Å². The van der Waals surface area contributed by atoms with Crippen molar-refractivity contribution in [3.63, 3.8) is 0 Å². The van der Waals surface area contributed by atoms with Crippen molar-refractivity contribution in [2.75, 3.05) is 18.0 Å². The van der Waals surface area contributed by atoms with Crippen LogP contribution in [0.2, 0.25) is 0 Å². The first-order valence-electron chi connectivity index (χ1n) is 7.52. The van der Waals surface area contributed by atoms with Gasteiger partial charge in [0.15, 0.2) is 0 Å². The zero-order valence-electron chi connectivity index (χ0n) is 11.9. The van der Waals surface area contributed by atoms with Crippen LogP contribution >= 0.6 is 0 Å². The molecule has 1 saturated heterocycles. The maximum atomic E-state index is 12.8. The van der Waals surface area contributed by atoms with Crippen LogP contribution in [0.4, 0.5) is 5.69 Å². The van der Waals surface area contributed by atoms with Crippen LogP contribution < -0.4 is 10.2 Å². The number of nitrogens with one attached hydrogen (secondary N) is 1. The summed E-state index contributed by atoms with van der Waals surface area (Å²) >= 11 is 0. The predicted molar refractivity (Wildman–Crippen MR) is 79.3 cm³/mol. The van der Waals surface area contributed by atoms with E-state index in [2.05, 4.69) is 5.32 Å². The Kier molecular flexibility index (Phi) is 3.92. The Hall–Kier alpha value is -1.88. The molecule has 112 valence electrons. The number of anilines is 1. The molecular weight excluding hydrogens is 268 g/mol. The number of piperidine rings is 1. The lowest BCUT2D eigenvalue weighted by Crippen LogP contribution is -2.52. The molecule has 0 radical (unpaired) electrons. The van der Waals surface area contributed by atoms with E-state index < -0.39 is 11.9 Å². The van der Waals surface area contributed by atoms with Gasteiger partial charge in [-0.3, -0.25) is 9.59 Å². The molecule has 2 atom stereocenters. The van der Waals surface area contributed by atoms with Gasteiger partial charge in [0.05, 0.1) is 12.0 Å². The molecule has 2 aliphatic rings. The van der Waals surface area contributed by atoms with Crippen molar-refractivity contribution in [1.82, 2.24) is 5.32 Å². The third-order valence-electron chi connectivity index (χ3n) is 4.38. The maximum absolute atomic E-state index is 12.8. The van der Waals surface area contributed by atoms with Gasteiger partial charge in [-0.15, -0.1) is 0 Å². The highest BCUT2D eigenvalue weighted by Crippen LogP contribution is 2.30. The first kappa shape index (κ1) is 14.1. The number of para-hydroxylation sites is 1. The average molecular weight is 288 g/mol. The summed E-state index contributed by atoms with van der Waals surface area (Å²) < 4.78 is 0. The Morgan fingerprint density at radius 1 is 1.24 bits per heavy atom. The van der Waals surface area contributed by atoms with Crippen molar-refractivity contribution in [2.24, 2.45) is 5.92 Å². The van der Waals surface area contributed by atoms with Gasteiger partial charge in [-0.25, -0.2) is 0 Å². The van der Waals surface area contributed by atoms with Crippen LogP contribution in [0, 0.1) is 5.92 Å². The molecule has 5 nitrogen and oxygen atoms in total. The monoisotopic (exact) mass is 288 g/mol. The number of carbonyl (C=O) groups excluding carboxylic acids is 1. The molecule has 5 heteroatoms. The number of hydrogen-bond donors (Lipinski definition) is 2. The van der Waals surface area contributed by atoms with Crippen LogP contribution in [0.5, 0.6) is 0 Å². The van der Waals surface area contributed by atoms with Crippen LogP contribution in [-0.4, -0.2) is 36.1 Å². The molecule has 21 heavy (non-hydrogen) atoms. The summed E-state index contributed by atoms with van der Waals surface area (Å²) in [5, 5.41) is 12.6. The number of carboxylic acid groups (broad SMARTS) is 1. The molecule has 0 saturated carbocycles. The minimum absolute atomic E-state index is 0.00750. The zero-order chi connectivity index (χ0) is 14.8. The largest absolute Gasteiger partial charge is 0.481 e. The number of carboxylic acids is 1. The quantitative estimate of drug-likeness (QED) is 0.863. The number of hydrogen-bond acceptors (Lipinski definition) is 3. The Morgan fingerprint density at radius 2 is 2.05 bits per heavy atom. The van der Waals surface area contributed by atoms with Crippen molar-refractivity contribution in [3.05, 3.63) is 29.8 Å². The Balaban J connectivity index is 1.88. The molecular formula is C16H20N2O3. The summed E-state index contributed by atoms with van der Waals surface area (Å²) in [5.74, 6) is -1.35. The SMILES string of the molecule is O=C(O)C1Cc2ccccc2N(C(=O)[C@H]2CCCCN2)C1. The van der Waals surface area contributed by atoms with Crippen LogP contribution in [-0.2, 0) is 16.0 Å². The van der Waals surface area contributed by atoms with Crippen molar-refractivity contribution in [3.8, 4) is 0 Å². The lowest BCUT2D eigenvalue weighted by molar-refractivity contribution is -0.141. The standard InChI is InChI=1S/C16H20N2O3/c19-15(13-6-3-4-8-17-13)18-10-12(16(20)21)9-11-5-1-2-7-14(11)18/h1-2,5,7,12-13,17H,3-4,6,8-10H2,(H,20,21)/t12?,13-/m1/s1. The van der Waals surface area contributed by atoms with Gasteiger partial charge in [-0.05, 0) is 37.4 Å². The van der Waals surface area contributed by atoms with Crippen molar-refractivity contribution >= 4 is 17.6 Å². The minimum Gasteiger partial charge on any atom is -0.481 e. The summed E-state index contributed by atoms with van der Waals surface area (Å²) in [6, 6.07) is 7.44. The third kappa shape index (κ3) is 2.78. The van der Waals surface area contributed by atoms with E-state index in [4.69, 9.17) is 0 Å². The predicted octanol–water partition coefficient (Wildman–Crippen LogP) is 1.42. The topological polar surface area (TPSA) is 69.6 Å². The van der Waals surface area contributed by atoms with E-state index in [0.717, 1.165) is 37.1 Å². The van der Waals surface area contributed by atoms with Crippen LogP contribution in [0.25, 0.3) is 0 Å². The van der Waals surface area contributed by atoms with Crippen molar-refractivity contribution < 1.29 is 14.7 Å². The fraction of sp³-hybridized carbons (Fsp3) is 0.500. The van der Waals surface area contributed by atoms with Crippen molar-refractivity contribution in [1.29, 1.82) is 0 Å². The number of aliphatic carboxylic acids is 1. The number of fused-ring (bicyclic) bond motifs is 1. The molecule has 0 spiro atoms. The zero-order valence-corrected chi connectivity index (χ0v) is 11.9. The second-order valence-electron chi connectivity index (χ2n) is 5.82. The highest BCUT2D eigenvalue weighted by atomic mass is 16.4. The highest BCUT2D eigenvalue weighted by molar-refractivity contribution is 5.99. The normalized spacial score (nSPS) is 25.2. The van der Waals surface area contributed by atoms with E-state index in [9.17, 15) is 14.7 Å². The van der Waals surface area contributed by atoms with Gasteiger partial charge in [0.2, 0.25) is 5.91 Å². The molecule has 1 unspecified atom stereocenters. The Labute approximate surface area is 123 Å². The molecule has 1 fully saturated rings. The number of rotatable bonds is 2. The molecule has 0 aliphatic carbocycles. The van der Waals surface area contributed by atoms with Gasteiger partial charge >= 0.3 is 5.97 Å². The summed E-state index contributed by atoms with van der Waals surface area (Å²) in [4.78, 5) is 25.8. The number of nitrogens with zero attached hydrogens (tertiary/aromatic N) is 1. The summed E-state index contributed by atoms with van der Waals surface area (Å²) in [6.45, 7) is 1.12. The second kappa shape index (κ2) is 5.85. The van der Waals surface area contributed by atoms with E-state index >= 15 is 0 Å². The highest BCUT2D eigenvalue weighted by Gasteiger charge is 2.35. The Morgan fingerprint density at radius 3 is 2.76 bits per heavy atom. The lowest BCUT2D eigenvalue weighted by Gasteiger charge is -2.36. The maximum Gasteiger partial charge on any atom is 0.308 e. The molecule has 0 bridgehead atoms. The number of carbonyl (C=O) groups is 2. The van der Waals surface area contributed by atoms with E-state index in [1.165, 1.54) is 0 Å². The number of amides is 1. The smallest absolute Gasteiger partial charge is 0.308 e. The Bertz CT molecular complexity index is 552. The number of benzene rings is 1. The average Bonchev–Trinajstić information content (AvgIpc) is 2.54. The van der Waals surface area contributed by atoms with Gasteiger partial charge in [0.1, 0.15) is 0 Å². The van der Waals surface area contributed by atoms with Gasteiger partial charge < -0.3 is 15.3 Å². The second-order valence-corrected chi connectivity index (χ2v) is 5.82. The summed E-state index contributed by atoms with van der Waals surface area (Å²) in [5.41, 5.74) is 1.81. The molecule has 2 aliphatic heterocycles. The van der Waals surface area contributed by atoms with E-state index in [0.29, 0.717) is 6.42 Å². The lowest BCUT2D eigenvalue weighted by atomic mass is 9.91. The fourth-order valence-electron chi connectivity index (χ4n) is 3.22. The molecule has 1 amide bonds. The van der Waals surface area contributed by atoms with Crippen LogP contribution in [0.3, 0.4) is 0 Å². The summed E-state index contributed by atoms with van der Waals surface area (Å²) in [7, 11) is 0. The van der Waals surface area contributed by atoms with Crippen molar-refractivity contribution in [2.45, 2.75) is 31.7 Å². The van der Waals surface area contributed by atoms with E-state index in [1.54, 1.807) is 4.90 Å². The molecule has 2 heterocycles. The van der Waals surface area contributed by atoms with E-state index in [-0.39, 0.29) is 18.5 Å². The van der Waals surface area contributed by atoms with Crippen LogP contribution in [0.1, 0.15) is 24.8 Å². The first-order valence-corrected chi connectivity index (χ1v) is 7.52. The van der Waals surface area contributed by atoms with Gasteiger partial charge in [0, 0.05) is 12.2 Å². The molecule has 0 aromatic heterocycles. The minimum atomic E-state index is -0.834. The molecule has 3 rings (SSSR count). The molecule has 2 N–H and O–H groups in total.